The lowest BCUT2D eigenvalue weighted by molar-refractivity contribution is -0.0137. The van der Waals surface area contributed by atoms with E-state index in [1.54, 1.807) is 0 Å². The van der Waals surface area contributed by atoms with E-state index in [1.807, 2.05) is 0 Å². The minimum Gasteiger partial charge on any atom is -0.389 e. The van der Waals surface area contributed by atoms with Crippen LogP contribution in [0.3, 0.4) is 0 Å². The fourth-order valence-electron chi connectivity index (χ4n) is 2.52. The van der Waals surface area contributed by atoms with Crippen LogP contribution in [0.5, 0.6) is 0 Å². The molecule has 90 valence electrons. The van der Waals surface area contributed by atoms with Crippen molar-refractivity contribution in [2.45, 2.75) is 58.5 Å². The van der Waals surface area contributed by atoms with Crippen LogP contribution in [-0.4, -0.2) is 23.8 Å². The molecule has 0 spiro atoms. The van der Waals surface area contributed by atoms with E-state index in [9.17, 15) is 5.11 Å². The van der Waals surface area contributed by atoms with Crippen molar-refractivity contribution >= 4 is 0 Å². The molecule has 0 amide bonds. The first-order chi connectivity index (χ1) is 7.07. The topological polar surface area (TPSA) is 32.3 Å². The fraction of sp³-hybridized carbons (Fsp3) is 1.00. The Balaban J connectivity index is 2.27. The Morgan fingerprint density at radius 1 is 1.33 bits per heavy atom. The van der Waals surface area contributed by atoms with Gasteiger partial charge < -0.3 is 10.4 Å². The van der Waals surface area contributed by atoms with Crippen LogP contribution in [0.15, 0.2) is 0 Å². The number of rotatable bonds is 5. The quantitative estimate of drug-likeness (QED) is 0.688. The summed E-state index contributed by atoms with van der Waals surface area (Å²) in [5.74, 6) is 1.61. The van der Waals surface area contributed by atoms with E-state index < -0.39 is 5.60 Å². The van der Waals surface area contributed by atoms with Crippen LogP contribution >= 0.6 is 0 Å². The molecule has 0 aromatic heterocycles. The van der Waals surface area contributed by atoms with E-state index in [2.05, 4.69) is 26.1 Å². The Labute approximate surface area is 94.5 Å². The Morgan fingerprint density at radius 3 is 2.40 bits per heavy atom. The van der Waals surface area contributed by atoms with Crippen molar-refractivity contribution < 1.29 is 5.11 Å². The monoisotopic (exact) mass is 213 g/mol. The molecule has 0 radical (unpaired) electrons. The molecule has 0 unspecified atom stereocenters. The van der Waals surface area contributed by atoms with Gasteiger partial charge in [0.1, 0.15) is 0 Å². The Hall–Kier alpha value is -0.0800. The van der Waals surface area contributed by atoms with Crippen molar-refractivity contribution in [1.82, 2.24) is 5.32 Å². The molecule has 1 aliphatic rings. The summed E-state index contributed by atoms with van der Waals surface area (Å²) in [7, 11) is 0. The lowest BCUT2D eigenvalue weighted by Crippen LogP contribution is -2.44. The zero-order valence-corrected chi connectivity index (χ0v) is 10.6. The highest BCUT2D eigenvalue weighted by Gasteiger charge is 2.33. The molecular formula is C13H27NO. The summed E-state index contributed by atoms with van der Waals surface area (Å²) in [6.07, 6.45) is 5.49. The Morgan fingerprint density at radius 2 is 1.93 bits per heavy atom. The van der Waals surface area contributed by atoms with Crippen molar-refractivity contribution in [2.24, 2.45) is 11.8 Å². The number of hydrogen-bond donors (Lipinski definition) is 2. The third-order valence-electron chi connectivity index (χ3n) is 3.78. The average Bonchev–Trinajstić information content (AvgIpc) is 2.18. The van der Waals surface area contributed by atoms with Crippen LogP contribution in [0, 0.1) is 11.8 Å². The molecule has 15 heavy (non-hydrogen) atoms. The summed E-state index contributed by atoms with van der Waals surface area (Å²) in [6, 6.07) is 0. The van der Waals surface area contributed by atoms with Gasteiger partial charge in [-0.05, 0) is 50.5 Å². The van der Waals surface area contributed by atoms with E-state index in [0.29, 0.717) is 0 Å². The molecule has 0 heterocycles. The normalized spacial score (nSPS) is 32.2. The van der Waals surface area contributed by atoms with Crippen LogP contribution in [0.4, 0.5) is 0 Å². The lowest BCUT2D eigenvalue weighted by Gasteiger charge is -2.37. The summed E-state index contributed by atoms with van der Waals surface area (Å²) in [6.45, 7) is 8.56. The number of aliphatic hydroxyl groups is 1. The molecule has 0 saturated heterocycles. The molecule has 2 nitrogen and oxygen atoms in total. The van der Waals surface area contributed by atoms with E-state index in [-0.39, 0.29) is 0 Å². The van der Waals surface area contributed by atoms with Crippen molar-refractivity contribution in [3.63, 3.8) is 0 Å². The van der Waals surface area contributed by atoms with Gasteiger partial charge in [-0.2, -0.15) is 0 Å². The first-order valence-corrected chi connectivity index (χ1v) is 6.50. The maximum absolute atomic E-state index is 10.3. The zero-order chi connectivity index (χ0) is 11.3. The summed E-state index contributed by atoms with van der Waals surface area (Å²) in [5, 5.41) is 13.7. The molecule has 1 aliphatic carbocycles. The summed E-state index contributed by atoms with van der Waals surface area (Å²) in [4.78, 5) is 0. The Bertz CT molecular complexity index is 171. The van der Waals surface area contributed by atoms with Gasteiger partial charge in [-0.25, -0.2) is 0 Å². The van der Waals surface area contributed by atoms with Gasteiger partial charge >= 0.3 is 0 Å². The number of nitrogens with one attached hydrogen (secondary N) is 1. The minimum absolute atomic E-state index is 0.416. The molecule has 2 heteroatoms. The van der Waals surface area contributed by atoms with E-state index >= 15 is 0 Å². The van der Waals surface area contributed by atoms with Crippen molar-refractivity contribution in [2.75, 3.05) is 13.1 Å². The molecule has 0 atom stereocenters. The van der Waals surface area contributed by atoms with Gasteiger partial charge in [-0.3, -0.25) is 0 Å². The van der Waals surface area contributed by atoms with Crippen LogP contribution in [0.1, 0.15) is 52.9 Å². The first-order valence-electron chi connectivity index (χ1n) is 6.50. The molecule has 1 fully saturated rings. The summed E-state index contributed by atoms with van der Waals surface area (Å²) >= 11 is 0. The van der Waals surface area contributed by atoms with Crippen LogP contribution in [0.25, 0.3) is 0 Å². The van der Waals surface area contributed by atoms with Crippen LogP contribution in [-0.2, 0) is 0 Å². The van der Waals surface area contributed by atoms with Gasteiger partial charge in [-0.1, -0.05) is 20.8 Å². The van der Waals surface area contributed by atoms with Gasteiger partial charge in [0.2, 0.25) is 0 Å². The maximum atomic E-state index is 10.3. The second-order valence-corrected chi connectivity index (χ2v) is 5.48. The maximum Gasteiger partial charge on any atom is 0.0771 e. The van der Waals surface area contributed by atoms with Gasteiger partial charge in [0.05, 0.1) is 5.60 Å². The lowest BCUT2D eigenvalue weighted by atomic mass is 9.74. The third-order valence-corrected chi connectivity index (χ3v) is 3.78. The largest absolute Gasteiger partial charge is 0.389 e. The van der Waals surface area contributed by atoms with E-state index in [4.69, 9.17) is 0 Å². The van der Waals surface area contributed by atoms with Crippen molar-refractivity contribution in [3.05, 3.63) is 0 Å². The predicted molar refractivity (Wildman–Crippen MR) is 64.9 cm³/mol. The molecule has 0 aromatic rings. The van der Waals surface area contributed by atoms with Crippen LogP contribution < -0.4 is 5.32 Å². The smallest absolute Gasteiger partial charge is 0.0771 e. The summed E-state index contributed by atoms with van der Waals surface area (Å²) < 4.78 is 0. The molecule has 0 aliphatic heterocycles. The molecule has 1 saturated carbocycles. The highest BCUT2D eigenvalue weighted by Crippen LogP contribution is 2.35. The van der Waals surface area contributed by atoms with Gasteiger partial charge in [0.15, 0.2) is 0 Å². The van der Waals surface area contributed by atoms with Gasteiger partial charge in [0, 0.05) is 6.54 Å². The van der Waals surface area contributed by atoms with Crippen LogP contribution in [0.2, 0.25) is 0 Å². The standard InChI is InChI=1S/C13H27NO/c1-4-9-14-10-13(15)7-5-12(6-8-13)11(2)3/h11-12,14-15H,4-10H2,1-3H3. The van der Waals surface area contributed by atoms with E-state index in [0.717, 1.165) is 44.2 Å². The molecule has 0 bridgehead atoms. The molecular weight excluding hydrogens is 186 g/mol. The second kappa shape index (κ2) is 5.86. The fourth-order valence-corrected chi connectivity index (χ4v) is 2.52. The third kappa shape index (κ3) is 4.12. The van der Waals surface area contributed by atoms with Gasteiger partial charge in [0.25, 0.3) is 0 Å². The Kier molecular flexibility index (Phi) is 5.07. The number of hydrogen-bond acceptors (Lipinski definition) is 2. The van der Waals surface area contributed by atoms with Crippen molar-refractivity contribution in [3.8, 4) is 0 Å². The second-order valence-electron chi connectivity index (χ2n) is 5.48. The van der Waals surface area contributed by atoms with E-state index in [1.165, 1.54) is 12.8 Å². The highest BCUT2D eigenvalue weighted by atomic mass is 16.3. The first kappa shape index (κ1) is 13.0. The zero-order valence-electron chi connectivity index (χ0n) is 10.6. The predicted octanol–water partition coefficient (Wildman–Crippen LogP) is 2.56. The minimum atomic E-state index is -0.416. The summed E-state index contributed by atoms with van der Waals surface area (Å²) in [5.41, 5.74) is -0.416. The van der Waals surface area contributed by atoms with Crippen molar-refractivity contribution in [1.29, 1.82) is 0 Å². The SMILES string of the molecule is CCCNCC1(O)CCC(C(C)C)CC1. The molecule has 2 N–H and O–H groups in total. The molecule has 0 aromatic carbocycles. The highest BCUT2D eigenvalue weighted by molar-refractivity contribution is 4.87. The average molecular weight is 213 g/mol. The van der Waals surface area contributed by atoms with Gasteiger partial charge in [-0.15, -0.1) is 0 Å². The molecule has 1 rings (SSSR count).